The van der Waals surface area contributed by atoms with Gasteiger partial charge in [0.1, 0.15) is 5.69 Å². The summed E-state index contributed by atoms with van der Waals surface area (Å²) in [6.07, 6.45) is 0.385. The Labute approximate surface area is 178 Å². The highest BCUT2D eigenvalue weighted by atomic mass is 35.5. The molecule has 1 amide bonds. The van der Waals surface area contributed by atoms with Gasteiger partial charge in [-0.25, -0.2) is 0 Å². The van der Waals surface area contributed by atoms with Gasteiger partial charge in [0, 0.05) is 6.42 Å². The fourth-order valence-electron chi connectivity index (χ4n) is 2.56. The third-order valence-electron chi connectivity index (χ3n) is 3.93. The Morgan fingerprint density at radius 1 is 1.10 bits per heavy atom. The number of nitrogens with one attached hydrogen (secondary N) is 1. The Morgan fingerprint density at radius 2 is 1.86 bits per heavy atom. The second-order valence-corrected chi connectivity index (χ2v) is 8.58. The lowest BCUT2D eigenvalue weighted by Gasteiger charge is -2.05. The Morgan fingerprint density at radius 3 is 2.66 bits per heavy atom. The zero-order chi connectivity index (χ0) is 20.2. The van der Waals surface area contributed by atoms with Crippen molar-refractivity contribution in [2.75, 3.05) is 11.1 Å². The van der Waals surface area contributed by atoms with Gasteiger partial charge in [0.05, 0.1) is 16.5 Å². The fourth-order valence-corrected chi connectivity index (χ4v) is 4.42. The van der Waals surface area contributed by atoms with Crippen LogP contribution in [-0.4, -0.2) is 31.5 Å². The van der Waals surface area contributed by atoms with Crippen LogP contribution in [-0.2, 0) is 11.2 Å². The number of amides is 1. The van der Waals surface area contributed by atoms with Crippen molar-refractivity contribution in [3.05, 3.63) is 81.2 Å². The predicted octanol–water partition coefficient (Wildman–Crippen LogP) is 3.52. The van der Waals surface area contributed by atoms with E-state index in [1.807, 2.05) is 30.3 Å². The van der Waals surface area contributed by atoms with Crippen LogP contribution in [0, 0.1) is 0 Å². The molecular weight excluding hydrogens is 430 g/mol. The third-order valence-corrected chi connectivity index (χ3v) is 6.29. The number of rotatable bonds is 6. The van der Waals surface area contributed by atoms with Crippen LogP contribution in [0.5, 0.6) is 0 Å². The lowest BCUT2D eigenvalue weighted by molar-refractivity contribution is -0.113. The van der Waals surface area contributed by atoms with Gasteiger partial charge < -0.3 is 5.32 Å². The molecule has 0 fully saturated rings. The van der Waals surface area contributed by atoms with Crippen LogP contribution in [0.1, 0.15) is 11.3 Å². The van der Waals surface area contributed by atoms with E-state index < -0.39 is 0 Å². The summed E-state index contributed by atoms with van der Waals surface area (Å²) in [5.41, 5.74) is 1.55. The molecule has 0 unspecified atom stereocenters. The summed E-state index contributed by atoms with van der Waals surface area (Å²) < 4.78 is 1.80. The number of fused-ring (bicyclic) bond motifs is 1. The van der Waals surface area contributed by atoms with Crippen molar-refractivity contribution >= 4 is 51.3 Å². The molecule has 2 aromatic carbocycles. The van der Waals surface area contributed by atoms with Gasteiger partial charge in [-0.2, -0.15) is 4.52 Å². The Kier molecular flexibility index (Phi) is 5.89. The number of aromatic nitrogens is 4. The number of halogens is 1. The van der Waals surface area contributed by atoms with E-state index in [2.05, 4.69) is 20.6 Å². The molecule has 10 heteroatoms. The van der Waals surface area contributed by atoms with Crippen LogP contribution in [0.4, 0.5) is 5.69 Å². The van der Waals surface area contributed by atoms with Gasteiger partial charge in [-0.05, 0) is 17.7 Å². The molecule has 1 N–H and O–H groups in total. The summed E-state index contributed by atoms with van der Waals surface area (Å²) in [4.78, 5) is 25.2. The first-order chi connectivity index (χ1) is 14.1. The molecule has 146 valence electrons. The third kappa shape index (κ3) is 4.64. The van der Waals surface area contributed by atoms with E-state index in [0.29, 0.717) is 32.1 Å². The van der Waals surface area contributed by atoms with Crippen molar-refractivity contribution in [2.45, 2.75) is 10.8 Å². The summed E-state index contributed by atoms with van der Waals surface area (Å²) in [6.45, 7) is 0. The number of carbonyl (C=O) groups is 1. The molecule has 4 aromatic rings. The molecule has 0 saturated carbocycles. The van der Waals surface area contributed by atoms with Crippen LogP contribution in [0.2, 0.25) is 5.02 Å². The molecule has 2 aromatic heterocycles. The minimum Gasteiger partial charge on any atom is -0.324 e. The second-order valence-electron chi connectivity index (χ2n) is 5.99. The van der Waals surface area contributed by atoms with Gasteiger partial charge in [-0.15, -0.1) is 15.3 Å². The van der Waals surface area contributed by atoms with E-state index in [-0.39, 0.29) is 17.2 Å². The van der Waals surface area contributed by atoms with Crippen LogP contribution in [0.3, 0.4) is 0 Å². The van der Waals surface area contributed by atoms with E-state index >= 15 is 0 Å². The van der Waals surface area contributed by atoms with Crippen LogP contribution in [0.25, 0.3) is 4.96 Å². The fraction of sp³-hybridized carbons (Fsp3) is 0.105. The highest BCUT2D eigenvalue weighted by Gasteiger charge is 2.14. The molecule has 0 bridgehead atoms. The molecule has 0 atom stereocenters. The number of hydrogen-bond donors (Lipinski definition) is 1. The summed E-state index contributed by atoms with van der Waals surface area (Å²) in [6, 6.07) is 16.6. The normalized spacial score (nSPS) is 10.9. The predicted molar refractivity (Wildman–Crippen MR) is 115 cm³/mol. The average Bonchev–Trinajstić information content (AvgIpc) is 3.15. The van der Waals surface area contributed by atoms with E-state index in [1.165, 1.54) is 27.6 Å². The minimum absolute atomic E-state index is 0.129. The van der Waals surface area contributed by atoms with E-state index in [9.17, 15) is 9.59 Å². The standard InChI is InChI=1S/C19H14ClN5O2S2/c20-13-8-4-5-9-14(13)21-16(26)11-28-19-24-25-17(27)15(22-23-18(25)29-19)10-12-6-2-1-3-7-12/h1-9H,10-11H2,(H,21,26). The molecule has 0 aliphatic rings. The van der Waals surface area contributed by atoms with Crippen molar-refractivity contribution in [2.24, 2.45) is 0 Å². The highest BCUT2D eigenvalue weighted by Crippen LogP contribution is 2.24. The SMILES string of the molecule is O=C(CSc1nn2c(=O)c(Cc3ccccc3)nnc2s1)Nc1ccccc1Cl. The quantitative estimate of drug-likeness (QED) is 0.458. The van der Waals surface area contributed by atoms with Crippen molar-refractivity contribution in [1.82, 2.24) is 19.8 Å². The Balaban J connectivity index is 1.46. The van der Waals surface area contributed by atoms with E-state index in [1.54, 1.807) is 24.3 Å². The number of hydrogen-bond acceptors (Lipinski definition) is 7. The maximum absolute atomic E-state index is 12.7. The first-order valence-corrected chi connectivity index (χ1v) is 10.7. The average molecular weight is 444 g/mol. The van der Waals surface area contributed by atoms with Crippen LogP contribution < -0.4 is 10.9 Å². The minimum atomic E-state index is -0.303. The smallest absolute Gasteiger partial charge is 0.297 e. The molecule has 0 spiro atoms. The number of para-hydroxylation sites is 1. The van der Waals surface area contributed by atoms with Gasteiger partial charge >= 0.3 is 0 Å². The van der Waals surface area contributed by atoms with E-state index in [4.69, 9.17) is 11.6 Å². The molecule has 2 heterocycles. The maximum Gasteiger partial charge on any atom is 0.297 e. The Hall–Kier alpha value is -2.75. The van der Waals surface area contributed by atoms with Gasteiger partial charge in [0.25, 0.3) is 5.56 Å². The largest absolute Gasteiger partial charge is 0.324 e. The van der Waals surface area contributed by atoms with Gasteiger partial charge in [-0.3, -0.25) is 9.59 Å². The molecule has 4 rings (SSSR count). The number of benzene rings is 2. The maximum atomic E-state index is 12.7. The van der Waals surface area contributed by atoms with Crippen LogP contribution >= 0.6 is 34.7 Å². The highest BCUT2D eigenvalue weighted by molar-refractivity contribution is 8.01. The summed E-state index contributed by atoms with van der Waals surface area (Å²) in [7, 11) is 0. The molecule has 0 saturated heterocycles. The van der Waals surface area contributed by atoms with Crippen LogP contribution in [0.15, 0.2) is 63.7 Å². The monoisotopic (exact) mass is 443 g/mol. The summed E-state index contributed by atoms with van der Waals surface area (Å²) in [5, 5.41) is 15.7. The zero-order valence-electron chi connectivity index (χ0n) is 14.9. The lowest BCUT2D eigenvalue weighted by atomic mass is 10.1. The number of thioether (sulfide) groups is 1. The zero-order valence-corrected chi connectivity index (χ0v) is 17.3. The summed E-state index contributed by atoms with van der Waals surface area (Å²) >= 11 is 8.48. The number of nitrogens with zero attached hydrogens (tertiary/aromatic N) is 4. The topological polar surface area (TPSA) is 89.3 Å². The second kappa shape index (κ2) is 8.73. The van der Waals surface area contributed by atoms with Gasteiger partial charge in [0.2, 0.25) is 10.9 Å². The van der Waals surface area contributed by atoms with E-state index in [0.717, 1.165) is 5.56 Å². The molecule has 0 aliphatic heterocycles. The lowest BCUT2D eigenvalue weighted by Crippen LogP contribution is -2.22. The Bertz CT molecular complexity index is 1230. The first-order valence-electron chi connectivity index (χ1n) is 8.57. The molecule has 0 aliphatic carbocycles. The van der Waals surface area contributed by atoms with Crippen molar-refractivity contribution in [3.63, 3.8) is 0 Å². The first kappa shape index (κ1) is 19.6. The molecule has 7 nitrogen and oxygen atoms in total. The molecule has 0 radical (unpaired) electrons. The molecule has 29 heavy (non-hydrogen) atoms. The van der Waals surface area contributed by atoms with Gasteiger partial charge in [0.15, 0.2) is 4.34 Å². The number of anilines is 1. The van der Waals surface area contributed by atoms with Crippen molar-refractivity contribution in [3.8, 4) is 0 Å². The molecular formula is C19H14ClN5O2S2. The van der Waals surface area contributed by atoms with Gasteiger partial charge in [-0.1, -0.05) is 77.2 Å². The number of carbonyl (C=O) groups excluding carboxylic acids is 1. The van der Waals surface area contributed by atoms with Crippen molar-refractivity contribution in [1.29, 1.82) is 0 Å². The summed E-state index contributed by atoms with van der Waals surface area (Å²) in [5.74, 6) is -0.0880. The van der Waals surface area contributed by atoms with Crippen molar-refractivity contribution < 1.29 is 4.79 Å².